The molecule has 0 aliphatic heterocycles. The van der Waals surface area contributed by atoms with E-state index in [-0.39, 0.29) is 18.4 Å². The third-order valence-electron chi connectivity index (χ3n) is 4.49. The number of nitriles is 1. The minimum Gasteiger partial charge on any atom is -0.293 e. The van der Waals surface area contributed by atoms with Crippen LogP contribution in [0.15, 0.2) is 48.8 Å². The normalized spacial score (nSPS) is 11.3. The van der Waals surface area contributed by atoms with Crippen LogP contribution in [0.1, 0.15) is 40.7 Å². The molecule has 0 aliphatic rings. The summed E-state index contributed by atoms with van der Waals surface area (Å²) in [6.45, 7) is 0.880. The van der Waals surface area contributed by atoms with Crippen molar-refractivity contribution in [3.63, 3.8) is 0 Å². The van der Waals surface area contributed by atoms with Crippen LogP contribution in [0.2, 0.25) is 0 Å². The molecule has 1 aromatic heterocycles. The zero-order chi connectivity index (χ0) is 21.7. The number of carbonyl (C=O) groups is 1. The number of hydrogen-bond donors (Lipinski definition) is 0. The molecular weight excluding hydrogens is 393 g/mol. The maximum absolute atomic E-state index is 14.2. The van der Waals surface area contributed by atoms with Gasteiger partial charge in [0.25, 0.3) is 0 Å². The topological polar surface area (TPSA) is 71.6 Å². The standard InChI is InChI=1S/C22H19F3N4O/c1-22(24,25)13-15-2-7-18(8-3-15)29-14-27-21(28-29)9-6-16-4-5-17(12-19(16)23)20(30)10-11-26/h2-5,7-8,12,14H,6,9-10,13H2,1H3. The van der Waals surface area contributed by atoms with Crippen LogP contribution >= 0.6 is 0 Å². The highest BCUT2D eigenvalue weighted by atomic mass is 19.3. The molecule has 0 spiro atoms. The van der Waals surface area contributed by atoms with Gasteiger partial charge in [-0.2, -0.15) is 10.4 Å². The highest BCUT2D eigenvalue weighted by molar-refractivity contribution is 5.97. The van der Waals surface area contributed by atoms with Gasteiger partial charge in [0.2, 0.25) is 5.92 Å². The largest absolute Gasteiger partial charge is 0.293 e. The second-order valence-electron chi connectivity index (χ2n) is 7.08. The maximum atomic E-state index is 14.2. The molecule has 0 bridgehead atoms. The number of ketones is 1. The number of halogens is 3. The number of aromatic nitrogens is 3. The number of rotatable bonds is 8. The molecule has 0 amide bonds. The summed E-state index contributed by atoms with van der Waals surface area (Å²) in [4.78, 5) is 15.9. The van der Waals surface area contributed by atoms with E-state index in [1.54, 1.807) is 30.3 Å². The van der Waals surface area contributed by atoms with Crippen LogP contribution in [-0.4, -0.2) is 26.5 Å². The van der Waals surface area contributed by atoms with Gasteiger partial charge in [-0.25, -0.2) is 22.8 Å². The summed E-state index contributed by atoms with van der Waals surface area (Å²) in [7, 11) is 0. The van der Waals surface area contributed by atoms with Crippen LogP contribution in [-0.2, 0) is 19.3 Å². The number of benzene rings is 2. The van der Waals surface area contributed by atoms with E-state index in [9.17, 15) is 18.0 Å². The fourth-order valence-corrected chi connectivity index (χ4v) is 3.01. The molecule has 0 aliphatic carbocycles. The molecule has 30 heavy (non-hydrogen) atoms. The average Bonchev–Trinajstić information content (AvgIpc) is 3.15. The highest BCUT2D eigenvalue weighted by Gasteiger charge is 2.21. The Kier molecular flexibility index (Phi) is 6.31. The van der Waals surface area contributed by atoms with Gasteiger partial charge in [-0.15, -0.1) is 0 Å². The molecule has 154 valence electrons. The molecule has 8 heteroatoms. The monoisotopic (exact) mass is 412 g/mol. The Labute approximate surface area is 171 Å². The SMILES string of the molecule is CC(F)(F)Cc1ccc(-n2cnc(CCc3ccc(C(=O)CC#N)cc3F)n2)cc1. The molecule has 0 N–H and O–H groups in total. The lowest BCUT2D eigenvalue weighted by atomic mass is 10.0. The van der Waals surface area contributed by atoms with E-state index in [0.29, 0.717) is 35.5 Å². The van der Waals surface area contributed by atoms with Crippen LogP contribution in [0.5, 0.6) is 0 Å². The van der Waals surface area contributed by atoms with Crippen LogP contribution in [0.25, 0.3) is 5.69 Å². The van der Waals surface area contributed by atoms with Gasteiger partial charge >= 0.3 is 0 Å². The van der Waals surface area contributed by atoms with E-state index >= 15 is 0 Å². The summed E-state index contributed by atoms with van der Waals surface area (Å²) >= 11 is 0. The van der Waals surface area contributed by atoms with Crippen molar-refractivity contribution in [3.05, 3.63) is 77.1 Å². The molecule has 2 aromatic carbocycles. The highest BCUT2D eigenvalue weighted by Crippen LogP contribution is 2.20. The molecular formula is C22H19F3N4O. The van der Waals surface area contributed by atoms with Crippen molar-refractivity contribution in [1.29, 1.82) is 5.26 Å². The number of carbonyl (C=O) groups excluding carboxylic acids is 1. The molecule has 5 nitrogen and oxygen atoms in total. The number of Topliss-reactive ketones (excluding diaryl/α,β-unsaturated/α-hetero) is 1. The zero-order valence-electron chi connectivity index (χ0n) is 16.3. The van der Waals surface area contributed by atoms with E-state index in [4.69, 9.17) is 5.26 Å². The van der Waals surface area contributed by atoms with Crippen molar-refractivity contribution < 1.29 is 18.0 Å². The number of hydrogen-bond acceptors (Lipinski definition) is 4. The van der Waals surface area contributed by atoms with Gasteiger partial charge in [0.15, 0.2) is 11.6 Å². The first-order valence-corrected chi connectivity index (χ1v) is 9.31. The summed E-state index contributed by atoms with van der Waals surface area (Å²) in [5.74, 6) is -3.19. The third kappa shape index (κ3) is 5.54. The lowest BCUT2D eigenvalue weighted by Crippen LogP contribution is -2.13. The van der Waals surface area contributed by atoms with Crippen molar-refractivity contribution in [1.82, 2.24) is 14.8 Å². The molecule has 0 saturated carbocycles. The molecule has 3 aromatic rings. The third-order valence-corrected chi connectivity index (χ3v) is 4.49. The fraction of sp³-hybridized carbons (Fsp3) is 0.273. The van der Waals surface area contributed by atoms with E-state index in [2.05, 4.69) is 10.1 Å². The summed E-state index contributed by atoms with van der Waals surface area (Å²) in [5.41, 5.74) is 1.80. The van der Waals surface area contributed by atoms with Crippen LogP contribution in [0.4, 0.5) is 13.2 Å². The van der Waals surface area contributed by atoms with Crippen molar-refractivity contribution in [2.45, 2.75) is 38.5 Å². The van der Waals surface area contributed by atoms with E-state index in [0.717, 1.165) is 13.0 Å². The van der Waals surface area contributed by atoms with Crippen molar-refractivity contribution in [2.75, 3.05) is 0 Å². The van der Waals surface area contributed by atoms with Crippen LogP contribution in [0, 0.1) is 17.1 Å². The summed E-state index contributed by atoms with van der Waals surface area (Å²) in [6, 6.07) is 12.6. The summed E-state index contributed by atoms with van der Waals surface area (Å²) in [6.07, 6.45) is 1.62. The Bertz CT molecular complexity index is 1080. The summed E-state index contributed by atoms with van der Waals surface area (Å²) in [5, 5.41) is 12.9. The predicted octanol–water partition coefficient (Wildman–Crippen LogP) is 4.49. The predicted molar refractivity (Wildman–Crippen MR) is 104 cm³/mol. The van der Waals surface area contributed by atoms with E-state index in [1.165, 1.54) is 23.1 Å². The maximum Gasteiger partial charge on any atom is 0.249 e. The fourth-order valence-electron chi connectivity index (χ4n) is 3.01. The molecule has 0 radical (unpaired) electrons. The van der Waals surface area contributed by atoms with E-state index in [1.807, 2.05) is 0 Å². The Hall–Kier alpha value is -3.47. The molecule has 1 heterocycles. The first-order valence-electron chi connectivity index (χ1n) is 9.31. The molecule has 0 unspecified atom stereocenters. The van der Waals surface area contributed by atoms with Gasteiger partial charge in [0, 0.05) is 18.4 Å². The molecule has 0 atom stereocenters. The number of aryl methyl sites for hydroxylation is 2. The Morgan fingerprint density at radius 3 is 2.53 bits per heavy atom. The molecule has 0 fully saturated rings. The molecule has 0 saturated heterocycles. The van der Waals surface area contributed by atoms with Crippen molar-refractivity contribution in [3.8, 4) is 11.8 Å². The van der Waals surface area contributed by atoms with Gasteiger partial charge in [0.1, 0.15) is 12.1 Å². The average molecular weight is 412 g/mol. The number of nitrogens with zero attached hydrogens (tertiary/aromatic N) is 4. The van der Waals surface area contributed by atoms with E-state index < -0.39 is 17.5 Å². The lowest BCUT2D eigenvalue weighted by Gasteiger charge is -2.10. The smallest absolute Gasteiger partial charge is 0.249 e. The van der Waals surface area contributed by atoms with Crippen molar-refractivity contribution in [2.24, 2.45) is 0 Å². The van der Waals surface area contributed by atoms with Gasteiger partial charge in [-0.3, -0.25) is 4.79 Å². The minimum absolute atomic E-state index is 0.171. The van der Waals surface area contributed by atoms with Crippen LogP contribution < -0.4 is 0 Å². The second-order valence-corrected chi connectivity index (χ2v) is 7.08. The number of alkyl halides is 2. The Balaban J connectivity index is 1.63. The second kappa shape index (κ2) is 8.91. The van der Waals surface area contributed by atoms with Gasteiger partial charge in [0.05, 0.1) is 18.2 Å². The van der Waals surface area contributed by atoms with Gasteiger partial charge in [-0.05, 0) is 42.7 Å². The Morgan fingerprint density at radius 1 is 1.17 bits per heavy atom. The van der Waals surface area contributed by atoms with Crippen molar-refractivity contribution >= 4 is 5.78 Å². The quantitative estimate of drug-likeness (QED) is 0.511. The first kappa shape index (κ1) is 21.2. The van der Waals surface area contributed by atoms with Gasteiger partial charge < -0.3 is 0 Å². The van der Waals surface area contributed by atoms with Gasteiger partial charge in [-0.1, -0.05) is 24.3 Å². The Morgan fingerprint density at radius 2 is 1.90 bits per heavy atom. The zero-order valence-corrected chi connectivity index (χ0v) is 16.3. The minimum atomic E-state index is -2.77. The first-order chi connectivity index (χ1) is 14.2. The lowest BCUT2D eigenvalue weighted by molar-refractivity contribution is 0.0226. The van der Waals surface area contributed by atoms with Crippen LogP contribution in [0.3, 0.4) is 0 Å². The molecule has 3 rings (SSSR count). The summed E-state index contributed by atoms with van der Waals surface area (Å²) < 4.78 is 42.0.